The summed E-state index contributed by atoms with van der Waals surface area (Å²) in [6, 6.07) is 11.6. The van der Waals surface area contributed by atoms with Gasteiger partial charge in [0.2, 0.25) is 0 Å². The van der Waals surface area contributed by atoms with Crippen LogP contribution in [0.25, 0.3) is 21.5 Å². The number of fused-ring (bicyclic) bond motifs is 1. The second kappa shape index (κ2) is 8.03. The zero-order chi connectivity index (χ0) is 21.3. The molecule has 0 aliphatic carbocycles. The number of carbonyl (C=O) groups is 1. The van der Waals surface area contributed by atoms with Gasteiger partial charge in [-0.3, -0.25) is 9.59 Å². The fourth-order valence-corrected chi connectivity index (χ4v) is 3.97. The molecule has 1 aromatic carbocycles. The van der Waals surface area contributed by atoms with Crippen molar-refractivity contribution in [2.45, 2.75) is 20.4 Å². The van der Waals surface area contributed by atoms with Crippen LogP contribution in [0.2, 0.25) is 0 Å². The topological polar surface area (TPSA) is 107 Å². The summed E-state index contributed by atoms with van der Waals surface area (Å²) in [6.07, 6.45) is 0. The molecule has 8 nitrogen and oxygen atoms in total. The SMILES string of the molecule is Cc1nc(C)c(-c2ccc(=O)n(CCNC(=O)c3cc4ccccc4oc3=O)n2)s1. The summed E-state index contributed by atoms with van der Waals surface area (Å²) in [4.78, 5) is 42.0. The molecule has 30 heavy (non-hydrogen) atoms. The summed E-state index contributed by atoms with van der Waals surface area (Å²) in [5.74, 6) is -0.562. The first-order valence-corrected chi connectivity index (χ1v) is 10.1. The molecule has 4 rings (SSSR count). The maximum atomic E-state index is 12.4. The van der Waals surface area contributed by atoms with Crippen molar-refractivity contribution in [1.29, 1.82) is 0 Å². The van der Waals surface area contributed by atoms with Gasteiger partial charge in [0.05, 0.1) is 22.1 Å². The van der Waals surface area contributed by atoms with E-state index in [2.05, 4.69) is 15.4 Å². The number of benzene rings is 1. The third-order valence-corrected chi connectivity index (χ3v) is 5.59. The van der Waals surface area contributed by atoms with E-state index in [0.717, 1.165) is 15.6 Å². The summed E-state index contributed by atoms with van der Waals surface area (Å²) in [6.45, 7) is 4.09. The highest BCUT2D eigenvalue weighted by atomic mass is 32.1. The Balaban J connectivity index is 1.49. The van der Waals surface area contributed by atoms with Crippen molar-refractivity contribution in [3.05, 3.63) is 79.5 Å². The third-order valence-electron chi connectivity index (χ3n) is 4.50. The molecule has 1 amide bonds. The first-order valence-electron chi connectivity index (χ1n) is 9.26. The maximum absolute atomic E-state index is 12.4. The van der Waals surface area contributed by atoms with Crippen molar-refractivity contribution in [2.75, 3.05) is 6.54 Å². The number of aromatic nitrogens is 3. The van der Waals surface area contributed by atoms with E-state index in [4.69, 9.17) is 4.42 Å². The van der Waals surface area contributed by atoms with Gasteiger partial charge in [-0.05, 0) is 32.0 Å². The van der Waals surface area contributed by atoms with Gasteiger partial charge in [0.1, 0.15) is 16.8 Å². The predicted molar refractivity (Wildman–Crippen MR) is 114 cm³/mol. The number of nitrogens with one attached hydrogen (secondary N) is 1. The van der Waals surface area contributed by atoms with Gasteiger partial charge in [-0.1, -0.05) is 18.2 Å². The number of amides is 1. The molecule has 0 aliphatic rings. The van der Waals surface area contributed by atoms with E-state index in [9.17, 15) is 14.4 Å². The predicted octanol–water partition coefficient (Wildman–Crippen LogP) is 2.52. The molecule has 0 fully saturated rings. The summed E-state index contributed by atoms with van der Waals surface area (Å²) in [5.41, 5.74) is 0.848. The second-order valence-electron chi connectivity index (χ2n) is 6.67. The summed E-state index contributed by atoms with van der Waals surface area (Å²) >= 11 is 1.51. The van der Waals surface area contributed by atoms with Crippen LogP contribution in [0, 0.1) is 13.8 Å². The normalized spacial score (nSPS) is 11.0. The molecule has 152 valence electrons. The van der Waals surface area contributed by atoms with E-state index in [-0.39, 0.29) is 24.2 Å². The van der Waals surface area contributed by atoms with Crippen molar-refractivity contribution in [2.24, 2.45) is 0 Å². The van der Waals surface area contributed by atoms with Gasteiger partial charge in [0.15, 0.2) is 0 Å². The van der Waals surface area contributed by atoms with E-state index in [0.29, 0.717) is 16.7 Å². The monoisotopic (exact) mass is 422 g/mol. The van der Waals surface area contributed by atoms with Crippen molar-refractivity contribution in [1.82, 2.24) is 20.1 Å². The highest BCUT2D eigenvalue weighted by Crippen LogP contribution is 2.27. The standard InChI is InChI=1S/C21H18N4O4S/c1-12-19(30-13(2)23-12)16-7-8-18(26)25(24-16)10-9-22-20(27)15-11-14-5-3-4-6-17(14)29-21(15)28/h3-8,11H,9-10H2,1-2H3,(H,22,27). The number of nitrogens with zero attached hydrogens (tertiary/aromatic N) is 3. The Labute approximate surface area is 174 Å². The zero-order valence-electron chi connectivity index (χ0n) is 16.3. The molecular formula is C21H18N4O4S. The molecule has 0 spiro atoms. The van der Waals surface area contributed by atoms with Gasteiger partial charge in [-0.2, -0.15) is 5.10 Å². The van der Waals surface area contributed by atoms with Gasteiger partial charge in [-0.15, -0.1) is 11.3 Å². The number of thiazole rings is 1. The zero-order valence-corrected chi connectivity index (χ0v) is 17.2. The molecule has 0 radical (unpaired) electrons. The summed E-state index contributed by atoms with van der Waals surface area (Å²) < 4.78 is 6.47. The average molecular weight is 422 g/mol. The van der Waals surface area contributed by atoms with Crippen molar-refractivity contribution < 1.29 is 9.21 Å². The number of rotatable bonds is 5. The van der Waals surface area contributed by atoms with Crippen LogP contribution < -0.4 is 16.5 Å². The lowest BCUT2D eigenvalue weighted by Gasteiger charge is -2.08. The van der Waals surface area contributed by atoms with Gasteiger partial charge >= 0.3 is 5.63 Å². The molecule has 0 saturated heterocycles. The molecule has 0 bridgehead atoms. The quantitative estimate of drug-likeness (QED) is 0.495. The first kappa shape index (κ1) is 19.7. The number of carbonyl (C=O) groups excluding carboxylic acids is 1. The number of aryl methyl sites for hydroxylation is 2. The molecule has 4 aromatic rings. The van der Waals surface area contributed by atoms with Crippen LogP contribution in [0.5, 0.6) is 0 Å². The fraction of sp³-hybridized carbons (Fsp3) is 0.190. The molecular weight excluding hydrogens is 404 g/mol. The van der Waals surface area contributed by atoms with Gasteiger partial charge in [0.25, 0.3) is 11.5 Å². The lowest BCUT2D eigenvalue weighted by atomic mass is 10.2. The van der Waals surface area contributed by atoms with E-state index < -0.39 is 11.5 Å². The fourth-order valence-electron chi connectivity index (χ4n) is 3.09. The minimum Gasteiger partial charge on any atom is -0.422 e. The molecule has 1 N–H and O–H groups in total. The van der Waals surface area contributed by atoms with Crippen LogP contribution in [0.4, 0.5) is 0 Å². The molecule has 0 atom stereocenters. The molecule has 3 heterocycles. The highest BCUT2D eigenvalue weighted by molar-refractivity contribution is 7.15. The van der Waals surface area contributed by atoms with E-state index >= 15 is 0 Å². The Bertz CT molecular complexity index is 1370. The molecule has 9 heteroatoms. The largest absolute Gasteiger partial charge is 0.422 e. The van der Waals surface area contributed by atoms with Crippen molar-refractivity contribution in [3.63, 3.8) is 0 Å². The number of para-hydroxylation sites is 1. The summed E-state index contributed by atoms with van der Waals surface area (Å²) in [5, 5.41) is 8.61. The smallest absolute Gasteiger partial charge is 0.349 e. The van der Waals surface area contributed by atoms with Gasteiger partial charge in [-0.25, -0.2) is 14.5 Å². The molecule has 0 saturated carbocycles. The number of hydrogen-bond donors (Lipinski definition) is 1. The second-order valence-corrected chi connectivity index (χ2v) is 7.87. The van der Waals surface area contributed by atoms with Crippen molar-refractivity contribution in [3.8, 4) is 10.6 Å². The Kier molecular flexibility index (Phi) is 5.28. The van der Waals surface area contributed by atoms with E-state index in [1.807, 2.05) is 13.8 Å². The van der Waals surface area contributed by atoms with Crippen LogP contribution in [0.3, 0.4) is 0 Å². The number of hydrogen-bond acceptors (Lipinski definition) is 7. The maximum Gasteiger partial charge on any atom is 0.349 e. The Morgan fingerprint density at radius 3 is 2.73 bits per heavy atom. The van der Waals surface area contributed by atoms with Crippen LogP contribution in [0.1, 0.15) is 21.1 Å². The van der Waals surface area contributed by atoms with E-state index in [1.165, 1.54) is 28.2 Å². The molecule has 3 aromatic heterocycles. The minimum atomic E-state index is -0.709. The first-order chi connectivity index (χ1) is 14.4. The average Bonchev–Trinajstić information content (AvgIpc) is 3.06. The molecule has 0 aliphatic heterocycles. The third kappa shape index (κ3) is 3.92. The Hall–Kier alpha value is -3.59. The summed E-state index contributed by atoms with van der Waals surface area (Å²) in [7, 11) is 0. The van der Waals surface area contributed by atoms with Crippen LogP contribution >= 0.6 is 11.3 Å². The van der Waals surface area contributed by atoms with Gasteiger partial charge in [0, 0.05) is 18.0 Å². The van der Waals surface area contributed by atoms with Crippen LogP contribution in [0.15, 0.2) is 56.5 Å². The van der Waals surface area contributed by atoms with Crippen molar-refractivity contribution >= 4 is 28.2 Å². The Morgan fingerprint density at radius 1 is 1.17 bits per heavy atom. The minimum absolute atomic E-state index is 0.0847. The van der Waals surface area contributed by atoms with Crippen LogP contribution in [-0.4, -0.2) is 27.2 Å². The van der Waals surface area contributed by atoms with E-state index in [1.54, 1.807) is 30.3 Å². The lowest BCUT2D eigenvalue weighted by molar-refractivity contribution is 0.0948. The van der Waals surface area contributed by atoms with Crippen LogP contribution in [-0.2, 0) is 6.54 Å². The lowest BCUT2D eigenvalue weighted by Crippen LogP contribution is -2.33. The Morgan fingerprint density at radius 2 is 1.97 bits per heavy atom. The highest BCUT2D eigenvalue weighted by Gasteiger charge is 2.14. The molecule has 0 unspecified atom stereocenters. The van der Waals surface area contributed by atoms with Gasteiger partial charge < -0.3 is 9.73 Å².